The molecule has 1 N–H and O–H groups in total. The minimum absolute atomic E-state index is 0.177. The number of Topliss-reactive ketones (excluding diaryl/α,β-unsaturated/α-hetero) is 1. The minimum atomic E-state index is -2.13. The molecular formula is C32H34O8. The van der Waals surface area contributed by atoms with Gasteiger partial charge in [-0.15, -0.1) is 0 Å². The molecule has 6 atom stereocenters. The Labute approximate surface area is 233 Å². The second kappa shape index (κ2) is 12.0. The first-order valence-corrected chi connectivity index (χ1v) is 13.4. The molecule has 5 rings (SSSR count). The number of esters is 1. The third kappa shape index (κ3) is 5.87. The largest absolute Gasteiger partial charge is 0.463 e. The molecule has 1 heterocycles. The molecule has 0 aromatic heterocycles. The van der Waals surface area contributed by atoms with E-state index in [0.717, 1.165) is 16.7 Å². The number of fused-ring (bicyclic) bond motifs is 1. The molecule has 1 aliphatic heterocycles. The van der Waals surface area contributed by atoms with E-state index >= 15 is 0 Å². The normalized spacial score (nSPS) is 29.3. The molecule has 210 valence electrons. The predicted octanol–water partition coefficient (Wildman–Crippen LogP) is 3.98. The molecule has 3 aromatic carbocycles. The molecule has 0 spiro atoms. The van der Waals surface area contributed by atoms with E-state index in [1.807, 2.05) is 91.0 Å². The lowest BCUT2D eigenvalue weighted by molar-refractivity contribution is -0.258. The minimum Gasteiger partial charge on any atom is -0.463 e. The zero-order chi connectivity index (χ0) is 28.2. The van der Waals surface area contributed by atoms with Crippen LogP contribution in [0, 0.1) is 5.92 Å². The SMILES string of the molecule is CC(=O)OC[C@]12O[C@](C)(O)C(=O)[C@H]1[C@H](OCc1ccccc1)[C@@H](OCc1ccccc1)[C@@H]2OCc1ccccc1. The van der Waals surface area contributed by atoms with Crippen LogP contribution < -0.4 is 0 Å². The summed E-state index contributed by atoms with van der Waals surface area (Å²) in [5.74, 6) is -4.27. The van der Waals surface area contributed by atoms with Gasteiger partial charge in [0.15, 0.2) is 5.78 Å². The van der Waals surface area contributed by atoms with Crippen molar-refractivity contribution in [1.82, 2.24) is 0 Å². The molecule has 0 amide bonds. The number of benzene rings is 3. The average molecular weight is 547 g/mol. The highest BCUT2D eigenvalue weighted by molar-refractivity contribution is 5.92. The molecule has 3 aromatic rings. The van der Waals surface area contributed by atoms with E-state index in [1.54, 1.807) is 0 Å². The van der Waals surface area contributed by atoms with Crippen LogP contribution in [0.1, 0.15) is 30.5 Å². The number of aliphatic hydroxyl groups is 1. The van der Waals surface area contributed by atoms with E-state index in [-0.39, 0.29) is 26.4 Å². The summed E-state index contributed by atoms with van der Waals surface area (Å²) in [5, 5.41) is 11.0. The Morgan fingerprint density at radius 3 is 1.70 bits per heavy atom. The lowest BCUT2D eigenvalue weighted by Gasteiger charge is -2.36. The first-order valence-electron chi connectivity index (χ1n) is 13.4. The molecule has 40 heavy (non-hydrogen) atoms. The second-order valence-electron chi connectivity index (χ2n) is 10.4. The molecule has 0 radical (unpaired) electrons. The van der Waals surface area contributed by atoms with Gasteiger partial charge >= 0.3 is 5.97 Å². The average Bonchev–Trinajstić information content (AvgIpc) is 3.33. The Morgan fingerprint density at radius 2 is 1.23 bits per heavy atom. The van der Waals surface area contributed by atoms with Gasteiger partial charge in [0.1, 0.15) is 24.4 Å². The molecule has 8 nitrogen and oxygen atoms in total. The molecule has 1 saturated heterocycles. The van der Waals surface area contributed by atoms with Crippen LogP contribution >= 0.6 is 0 Å². The zero-order valence-electron chi connectivity index (χ0n) is 22.6. The summed E-state index contributed by atoms with van der Waals surface area (Å²) in [6.07, 6.45) is -2.56. The van der Waals surface area contributed by atoms with E-state index < -0.39 is 47.4 Å². The third-order valence-electron chi connectivity index (χ3n) is 7.43. The van der Waals surface area contributed by atoms with Crippen LogP contribution in [0.25, 0.3) is 0 Å². The van der Waals surface area contributed by atoms with Crippen molar-refractivity contribution in [3.63, 3.8) is 0 Å². The van der Waals surface area contributed by atoms with Crippen LogP contribution in [0.5, 0.6) is 0 Å². The van der Waals surface area contributed by atoms with E-state index in [4.69, 9.17) is 23.7 Å². The molecule has 2 fully saturated rings. The van der Waals surface area contributed by atoms with Gasteiger partial charge in [-0.1, -0.05) is 91.0 Å². The van der Waals surface area contributed by atoms with Gasteiger partial charge in [0.05, 0.1) is 31.8 Å². The Hall–Kier alpha value is -3.40. The first kappa shape index (κ1) is 28.1. The summed E-state index contributed by atoms with van der Waals surface area (Å²) in [7, 11) is 0. The van der Waals surface area contributed by atoms with Crippen molar-refractivity contribution in [2.24, 2.45) is 5.92 Å². The Kier molecular flexibility index (Phi) is 8.44. The van der Waals surface area contributed by atoms with Crippen LogP contribution in [0.2, 0.25) is 0 Å². The summed E-state index contributed by atoms with van der Waals surface area (Å²) in [6.45, 7) is 2.86. The van der Waals surface area contributed by atoms with E-state index in [0.29, 0.717) is 0 Å². The fourth-order valence-corrected chi connectivity index (χ4v) is 5.62. The Bertz CT molecular complexity index is 1280. The van der Waals surface area contributed by atoms with Crippen molar-refractivity contribution < 1.29 is 38.4 Å². The number of hydrogen-bond acceptors (Lipinski definition) is 8. The fourth-order valence-electron chi connectivity index (χ4n) is 5.62. The maximum Gasteiger partial charge on any atom is 0.302 e. The van der Waals surface area contributed by atoms with Crippen LogP contribution in [-0.4, -0.2) is 53.2 Å². The maximum absolute atomic E-state index is 13.7. The van der Waals surface area contributed by atoms with Gasteiger partial charge in [0.2, 0.25) is 5.79 Å². The van der Waals surface area contributed by atoms with Crippen molar-refractivity contribution in [2.75, 3.05) is 6.61 Å². The smallest absolute Gasteiger partial charge is 0.302 e. The number of rotatable bonds is 11. The number of ketones is 1. The van der Waals surface area contributed by atoms with Crippen LogP contribution in [0.15, 0.2) is 91.0 Å². The van der Waals surface area contributed by atoms with Crippen LogP contribution in [-0.2, 0) is 53.1 Å². The van der Waals surface area contributed by atoms with Crippen molar-refractivity contribution in [1.29, 1.82) is 0 Å². The van der Waals surface area contributed by atoms with E-state index in [1.165, 1.54) is 13.8 Å². The van der Waals surface area contributed by atoms with Crippen molar-refractivity contribution >= 4 is 11.8 Å². The summed E-state index contributed by atoms with van der Waals surface area (Å²) in [5.41, 5.74) is 1.19. The predicted molar refractivity (Wildman–Crippen MR) is 145 cm³/mol. The molecule has 0 unspecified atom stereocenters. The molecule has 1 aliphatic carbocycles. The van der Waals surface area contributed by atoms with Gasteiger partial charge in [-0.05, 0) is 23.6 Å². The van der Waals surface area contributed by atoms with Gasteiger partial charge in [0.25, 0.3) is 0 Å². The van der Waals surface area contributed by atoms with Crippen LogP contribution in [0.4, 0.5) is 0 Å². The van der Waals surface area contributed by atoms with E-state index in [9.17, 15) is 14.7 Å². The summed E-state index contributed by atoms with van der Waals surface area (Å²) < 4.78 is 31.0. The van der Waals surface area contributed by atoms with Gasteiger partial charge in [0, 0.05) is 6.92 Å². The Balaban J connectivity index is 1.53. The number of hydrogen-bond donors (Lipinski definition) is 1. The highest BCUT2D eigenvalue weighted by Gasteiger charge is 2.74. The summed E-state index contributed by atoms with van der Waals surface area (Å²) >= 11 is 0. The van der Waals surface area contributed by atoms with Gasteiger partial charge < -0.3 is 28.8 Å². The second-order valence-corrected chi connectivity index (χ2v) is 10.4. The monoisotopic (exact) mass is 546 g/mol. The van der Waals surface area contributed by atoms with Crippen molar-refractivity contribution in [3.8, 4) is 0 Å². The highest BCUT2D eigenvalue weighted by atomic mass is 16.7. The van der Waals surface area contributed by atoms with Crippen molar-refractivity contribution in [3.05, 3.63) is 108 Å². The molecule has 2 aliphatic rings. The molecule has 1 saturated carbocycles. The quantitative estimate of drug-likeness (QED) is 0.361. The van der Waals surface area contributed by atoms with Crippen molar-refractivity contribution in [2.45, 2.75) is 63.4 Å². The third-order valence-corrected chi connectivity index (χ3v) is 7.43. The molecule has 8 heteroatoms. The lowest BCUT2D eigenvalue weighted by atomic mass is 9.87. The van der Waals surface area contributed by atoms with Gasteiger partial charge in [-0.2, -0.15) is 0 Å². The van der Waals surface area contributed by atoms with Gasteiger partial charge in [-0.25, -0.2) is 0 Å². The maximum atomic E-state index is 13.7. The van der Waals surface area contributed by atoms with Gasteiger partial charge in [-0.3, -0.25) is 9.59 Å². The number of carbonyl (C=O) groups is 2. The molecular weight excluding hydrogens is 512 g/mol. The highest BCUT2D eigenvalue weighted by Crippen LogP contribution is 2.53. The topological polar surface area (TPSA) is 101 Å². The standard InChI is InChI=1S/C32H34O8/c1-22(33)39-21-32-26(29(34)31(2,35)40-32)27(36-18-23-12-6-3-7-13-23)28(37-19-24-14-8-4-9-15-24)30(32)38-20-25-16-10-5-11-17-25/h3-17,26-28,30,35H,18-21H2,1-2H3/t26-,27+,28-,30+,31+,32+/m1/s1. The van der Waals surface area contributed by atoms with E-state index in [2.05, 4.69) is 0 Å². The summed E-state index contributed by atoms with van der Waals surface area (Å²) in [4.78, 5) is 25.7. The summed E-state index contributed by atoms with van der Waals surface area (Å²) in [6, 6.07) is 28.8. The molecule has 0 bridgehead atoms. The lowest BCUT2D eigenvalue weighted by Crippen LogP contribution is -2.52. The van der Waals surface area contributed by atoms with Crippen LogP contribution in [0.3, 0.4) is 0 Å². The number of carbonyl (C=O) groups excluding carboxylic acids is 2. The first-order chi connectivity index (χ1) is 19.3. The zero-order valence-corrected chi connectivity index (χ0v) is 22.6. The Morgan fingerprint density at radius 1 is 0.775 bits per heavy atom. The number of ether oxygens (including phenoxy) is 5. The fraction of sp³-hybridized carbons (Fsp3) is 0.375.